The van der Waals surface area contributed by atoms with E-state index in [1.54, 1.807) is 0 Å². The van der Waals surface area contributed by atoms with Gasteiger partial charge in [-0.1, -0.05) is 6.92 Å². The molecule has 0 atom stereocenters. The normalized spacial score (nSPS) is 23.8. The molecule has 1 N–H and O–H groups in total. The third kappa shape index (κ3) is 3.45. The molecule has 17 heavy (non-hydrogen) atoms. The molecule has 0 spiro atoms. The highest BCUT2D eigenvalue weighted by Gasteiger charge is 2.24. The molecule has 2 rings (SSSR count). The molecule has 96 valence electrons. The van der Waals surface area contributed by atoms with Crippen molar-refractivity contribution in [3.8, 4) is 0 Å². The zero-order chi connectivity index (χ0) is 12.3. The number of nitrogens with one attached hydrogen (secondary N) is 1. The second-order valence-corrected chi connectivity index (χ2v) is 5.43. The van der Waals surface area contributed by atoms with Gasteiger partial charge in [0.1, 0.15) is 5.78 Å². The van der Waals surface area contributed by atoms with Gasteiger partial charge in [-0.05, 0) is 31.6 Å². The van der Waals surface area contributed by atoms with Crippen LogP contribution in [0.5, 0.6) is 0 Å². The van der Waals surface area contributed by atoms with Gasteiger partial charge in [-0.3, -0.25) is 4.79 Å². The summed E-state index contributed by atoms with van der Waals surface area (Å²) in [5.74, 6) is 1.08. The molecule has 4 heteroatoms. The van der Waals surface area contributed by atoms with Crippen LogP contribution in [0.3, 0.4) is 0 Å². The minimum atomic E-state index is 0.0660. The molecule has 2 fully saturated rings. The molecule has 0 radical (unpaired) electrons. The van der Waals surface area contributed by atoms with Gasteiger partial charge >= 0.3 is 6.03 Å². The van der Waals surface area contributed by atoms with E-state index >= 15 is 0 Å². The molecule has 0 aromatic heterocycles. The van der Waals surface area contributed by atoms with Crippen LogP contribution in [-0.4, -0.2) is 35.8 Å². The highest BCUT2D eigenvalue weighted by molar-refractivity contribution is 5.80. The van der Waals surface area contributed by atoms with E-state index in [0.717, 1.165) is 44.7 Å². The number of rotatable bonds is 1. The van der Waals surface area contributed by atoms with E-state index in [2.05, 4.69) is 12.2 Å². The summed E-state index contributed by atoms with van der Waals surface area (Å²) in [4.78, 5) is 25.0. The lowest BCUT2D eigenvalue weighted by Crippen LogP contribution is -2.48. The van der Waals surface area contributed by atoms with E-state index in [4.69, 9.17) is 0 Å². The molecule has 4 nitrogen and oxygen atoms in total. The molecule has 1 saturated carbocycles. The highest BCUT2D eigenvalue weighted by Crippen LogP contribution is 2.18. The quantitative estimate of drug-likeness (QED) is 0.759. The second kappa shape index (κ2) is 5.52. The summed E-state index contributed by atoms with van der Waals surface area (Å²) in [6.07, 6.45) is 5.10. The SMILES string of the molecule is CC1CCN(C(=O)NC2CCC(=O)CC2)CC1. The Morgan fingerprint density at radius 3 is 2.35 bits per heavy atom. The minimum absolute atomic E-state index is 0.0660. The van der Waals surface area contributed by atoms with Crippen molar-refractivity contribution in [2.24, 2.45) is 5.92 Å². The average molecular weight is 238 g/mol. The van der Waals surface area contributed by atoms with Gasteiger partial charge in [0.05, 0.1) is 0 Å². The molecule has 2 aliphatic rings. The monoisotopic (exact) mass is 238 g/mol. The summed E-state index contributed by atoms with van der Waals surface area (Å²) in [6, 6.07) is 0.274. The summed E-state index contributed by atoms with van der Waals surface area (Å²) in [7, 11) is 0. The number of hydrogen-bond acceptors (Lipinski definition) is 2. The van der Waals surface area contributed by atoms with E-state index < -0.39 is 0 Å². The fourth-order valence-corrected chi connectivity index (χ4v) is 2.56. The van der Waals surface area contributed by atoms with Crippen LogP contribution in [0.2, 0.25) is 0 Å². The summed E-state index contributed by atoms with van der Waals surface area (Å²) < 4.78 is 0. The zero-order valence-electron chi connectivity index (χ0n) is 10.6. The number of urea groups is 1. The van der Waals surface area contributed by atoms with Crippen LogP contribution in [-0.2, 0) is 4.79 Å². The van der Waals surface area contributed by atoms with E-state index in [-0.39, 0.29) is 12.1 Å². The van der Waals surface area contributed by atoms with Crippen LogP contribution in [0.15, 0.2) is 0 Å². The van der Waals surface area contributed by atoms with E-state index in [1.165, 1.54) is 0 Å². The van der Waals surface area contributed by atoms with Gasteiger partial charge in [-0.25, -0.2) is 4.79 Å². The second-order valence-electron chi connectivity index (χ2n) is 5.43. The van der Waals surface area contributed by atoms with Gasteiger partial charge in [0.15, 0.2) is 0 Å². The Hall–Kier alpha value is -1.06. The first-order valence-corrected chi connectivity index (χ1v) is 6.72. The predicted octanol–water partition coefficient (Wildman–Crippen LogP) is 1.94. The Balaban J connectivity index is 1.75. The fourth-order valence-electron chi connectivity index (χ4n) is 2.56. The number of Topliss-reactive ketones (excluding diaryl/α,β-unsaturated/α-hetero) is 1. The Morgan fingerprint density at radius 1 is 1.18 bits per heavy atom. The lowest BCUT2D eigenvalue weighted by atomic mass is 9.94. The van der Waals surface area contributed by atoms with Crippen molar-refractivity contribution < 1.29 is 9.59 Å². The van der Waals surface area contributed by atoms with Gasteiger partial charge < -0.3 is 10.2 Å². The van der Waals surface area contributed by atoms with Gasteiger partial charge in [-0.15, -0.1) is 0 Å². The lowest BCUT2D eigenvalue weighted by Gasteiger charge is -2.32. The summed E-state index contributed by atoms with van der Waals surface area (Å²) in [5.41, 5.74) is 0. The van der Waals surface area contributed by atoms with Crippen molar-refractivity contribution in [1.82, 2.24) is 10.2 Å². The largest absolute Gasteiger partial charge is 0.335 e. The lowest BCUT2D eigenvalue weighted by molar-refractivity contribution is -0.120. The van der Waals surface area contributed by atoms with Crippen molar-refractivity contribution >= 4 is 11.8 Å². The van der Waals surface area contributed by atoms with Crippen LogP contribution >= 0.6 is 0 Å². The number of carbonyl (C=O) groups excluding carboxylic acids is 2. The molecule has 0 aromatic rings. The summed E-state index contributed by atoms with van der Waals surface area (Å²) in [5, 5.41) is 3.06. The van der Waals surface area contributed by atoms with Gasteiger partial charge in [0.25, 0.3) is 0 Å². The molecular formula is C13H22N2O2. The number of hydrogen-bond donors (Lipinski definition) is 1. The number of ketones is 1. The van der Waals surface area contributed by atoms with Gasteiger partial charge in [-0.2, -0.15) is 0 Å². The summed E-state index contributed by atoms with van der Waals surface area (Å²) in [6.45, 7) is 3.99. The van der Waals surface area contributed by atoms with E-state index in [9.17, 15) is 9.59 Å². The van der Waals surface area contributed by atoms with Crippen molar-refractivity contribution in [2.45, 2.75) is 51.5 Å². The first-order valence-electron chi connectivity index (χ1n) is 6.72. The Kier molecular flexibility index (Phi) is 4.02. The smallest absolute Gasteiger partial charge is 0.317 e. The maximum absolute atomic E-state index is 12.0. The minimum Gasteiger partial charge on any atom is -0.335 e. The van der Waals surface area contributed by atoms with E-state index in [1.807, 2.05) is 4.90 Å². The molecule has 1 heterocycles. The van der Waals surface area contributed by atoms with Crippen LogP contribution in [0, 0.1) is 5.92 Å². The van der Waals surface area contributed by atoms with Crippen LogP contribution in [0.4, 0.5) is 4.79 Å². The molecule has 0 unspecified atom stereocenters. The van der Waals surface area contributed by atoms with Crippen molar-refractivity contribution in [2.75, 3.05) is 13.1 Å². The number of piperidine rings is 1. The van der Waals surface area contributed by atoms with Crippen molar-refractivity contribution in [3.05, 3.63) is 0 Å². The Bertz CT molecular complexity index is 286. The standard InChI is InChI=1S/C13H22N2O2/c1-10-6-8-15(9-7-10)13(17)14-11-2-4-12(16)5-3-11/h10-11H,2-9H2,1H3,(H,14,17). The molecule has 0 aromatic carbocycles. The van der Waals surface area contributed by atoms with Gasteiger partial charge in [0, 0.05) is 32.0 Å². The number of amides is 2. The molecular weight excluding hydrogens is 216 g/mol. The number of carbonyl (C=O) groups is 2. The zero-order valence-corrected chi connectivity index (χ0v) is 10.6. The molecule has 0 bridgehead atoms. The maximum Gasteiger partial charge on any atom is 0.317 e. The van der Waals surface area contributed by atoms with Crippen molar-refractivity contribution in [1.29, 1.82) is 0 Å². The third-order valence-electron chi connectivity index (χ3n) is 3.94. The molecule has 1 aliphatic carbocycles. The first kappa shape index (κ1) is 12.4. The van der Waals surface area contributed by atoms with E-state index in [0.29, 0.717) is 18.6 Å². The average Bonchev–Trinajstić information content (AvgIpc) is 2.33. The maximum atomic E-state index is 12.0. The van der Waals surface area contributed by atoms with Crippen molar-refractivity contribution in [3.63, 3.8) is 0 Å². The number of likely N-dealkylation sites (tertiary alicyclic amines) is 1. The van der Waals surface area contributed by atoms with Crippen LogP contribution in [0.25, 0.3) is 0 Å². The Morgan fingerprint density at radius 2 is 1.76 bits per heavy atom. The first-order chi connectivity index (χ1) is 8.15. The molecule has 1 aliphatic heterocycles. The van der Waals surface area contributed by atoms with Crippen LogP contribution < -0.4 is 5.32 Å². The van der Waals surface area contributed by atoms with Crippen LogP contribution in [0.1, 0.15) is 45.4 Å². The summed E-state index contributed by atoms with van der Waals surface area (Å²) >= 11 is 0. The predicted molar refractivity (Wildman–Crippen MR) is 65.8 cm³/mol. The molecule has 1 saturated heterocycles. The number of nitrogens with zero attached hydrogens (tertiary/aromatic N) is 1. The Labute approximate surface area is 103 Å². The highest BCUT2D eigenvalue weighted by atomic mass is 16.2. The topological polar surface area (TPSA) is 49.4 Å². The third-order valence-corrected chi connectivity index (χ3v) is 3.94. The molecule has 2 amide bonds. The fraction of sp³-hybridized carbons (Fsp3) is 0.846. The van der Waals surface area contributed by atoms with Gasteiger partial charge in [0.2, 0.25) is 0 Å².